The lowest BCUT2D eigenvalue weighted by Crippen LogP contribution is -2.31. The average Bonchev–Trinajstić information content (AvgIpc) is 2.86. The van der Waals surface area contributed by atoms with Crippen molar-refractivity contribution in [1.29, 1.82) is 0 Å². The standard InChI is InChI=1S/C14H19N3O2/c1-10-5-4-6-12(7-10)14-15-13(19-16-14)8-17(3)11(2)9-18/h4-7,11,18H,8-9H2,1-3H3. The summed E-state index contributed by atoms with van der Waals surface area (Å²) in [5, 5.41) is 13.1. The molecule has 0 fully saturated rings. The summed E-state index contributed by atoms with van der Waals surface area (Å²) in [6.07, 6.45) is 0. The van der Waals surface area contributed by atoms with E-state index in [2.05, 4.69) is 10.1 Å². The van der Waals surface area contributed by atoms with Crippen LogP contribution < -0.4 is 0 Å². The molecule has 1 unspecified atom stereocenters. The first-order chi connectivity index (χ1) is 9.10. The molecule has 1 aromatic carbocycles. The van der Waals surface area contributed by atoms with Gasteiger partial charge in [0.05, 0.1) is 13.2 Å². The molecular formula is C14H19N3O2. The monoisotopic (exact) mass is 261 g/mol. The van der Waals surface area contributed by atoms with Gasteiger partial charge in [-0.05, 0) is 27.0 Å². The summed E-state index contributed by atoms with van der Waals surface area (Å²) in [6, 6.07) is 8.05. The van der Waals surface area contributed by atoms with E-state index >= 15 is 0 Å². The largest absolute Gasteiger partial charge is 0.395 e. The second-order valence-electron chi connectivity index (χ2n) is 4.83. The smallest absolute Gasteiger partial charge is 0.241 e. The minimum atomic E-state index is 0.0642. The Morgan fingerprint density at radius 2 is 2.21 bits per heavy atom. The van der Waals surface area contributed by atoms with Crippen LogP contribution >= 0.6 is 0 Å². The lowest BCUT2D eigenvalue weighted by Gasteiger charge is -2.20. The maximum absolute atomic E-state index is 9.09. The number of aromatic nitrogens is 2. The fraction of sp³-hybridized carbons (Fsp3) is 0.429. The third-order valence-electron chi connectivity index (χ3n) is 3.15. The van der Waals surface area contributed by atoms with Crippen molar-refractivity contribution < 1.29 is 9.63 Å². The number of aryl methyl sites for hydroxylation is 1. The van der Waals surface area contributed by atoms with Crippen LogP contribution in [0.2, 0.25) is 0 Å². The summed E-state index contributed by atoms with van der Waals surface area (Å²) in [5.41, 5.74) is 2.11. The van der Waals surface area contributed by atoms with Crippen LogP contribution in [0.1, 0.15) is 18.4 Å². The number of hydrogen-bond acceptors (Lipinski definition) is 5. The van der Waals surface area contributed by atoms with Crippen LogP contribution in [0, 0.1) is 6.92 Å². The predicted octanol–water partition coefficient (Wildman–Crippen LogP) is 1.86. The molecule has 0 amide bonds. The van der Waals surface area contributed by atoms with Crippen molar-refractivity contribution in [3.8, 4) is 11.4 Å². The van der Waals surface area contributed by atoms with Gasteiger partial charge in [-0.3, -0.25) is 4.90 Å². The van der Waals surface area contributed by atoms with Crippen LogP contribution in [0.5, 0.6) is 0 Å². The van der Waals surface area contributed by atoms with Crippen LogP contribution in [0.25, 0.3) is 11.4 Å². The van der Waals surface area contributed by atoms with Gasteiger partial charge < -0.3 is 9.63 Å². The Morgan fingerprint density at radius 1 is 1.42 bits per heavy atom. The molecule has 0 aliphatic carbocycles. The summed E-state index contributed by atoms with van der Waals surface area (Å²) >= 11 is 0. The van der Waals surface area contributed by atoms with Gasteiger partial charge in [0, 0.05) is 11.6 Å². The Morgan fingerprint density at radius 3 is 2.89 bits per heavy atom. The van der Waals surface area contributed by atoms with Crippen molar-refractivity contribution >= 4 is 0 Å². The Kier molecular flexibility index (Phi) is 4.29. The third kappa shape index (κ3) is 3.39. The number of aliphatic hydroxyl groups excluding tert-OH is 1. The second-order valence-corrected chi connectivity index (χ2v) is 4.83. The van der Waals surface area contributed by atoms with Crippen LogP contribution in [0.4, 0.5) is 0 Å². The van der Waals surface area contributed by atoms with Gasteiger partial charge in [-0.15, -0.1) is 0 Å². The summed E-state index contributed by atoms with van der Waals surface area (Å²) in [7, 11) is 1.91. The van der Waals surface area contributed by atoms with Crippen LogP contribution in [-0.4, -0.2) is 39.8 Å². The fourth-order valence-corrected chi connectivity index (χ4v) is 1.73. The number of benzene rings is 1. The molecule has 1 N–H and O–H groups in total. The summed E-state index contributed by atoms with van der Waals surface area (Å²) in [6.45, 7) is 4.61. The molecule has 0 saturated carbocycles. The normalized spacial score (nSPS) is 12.9. The average molecular weight is 261 g/mol. The zero-order valence-electron chi connectivity index (χ0n) is 11.5. The maximum Gasteiger partial charge on any atom is 0.241 e. The molecule has 2 aromatic rings. The summed E-state index contributed by atoms with van der Waals surface area (Å²) in [4.78, 5) is 6.34. The topological polar surface area (TPSA) is 62.4 Å². The molecule has 1 aromatic heterocycles. The highest BCUT2D eigenvalue weighted by Gasteiger charge is 2.14. The third-order valence-corrected chi connectivity index (χ3v) is 3.15. The van der Waals surface area contributed by atoms with Crippen LogP contribution in [0.3, 0.4) is 0 Å². The fourth-order valence-electron chi connectivity index (χ4n) is 1.73. The molecule has 2 rings (SSSR count). The number of rotatable bonds is 5. The van der Waals surface area contributed by atoms with Gasteiger partial charge in [0.25, 0.3) is 0 Å². The summed E-state index contributed by atoms with van der Waals surface area (Å²) in [5.74, 6) is 1.16. The number of likely N-dealkylation sites (N-methyl/N-ethyl adjacent to an activating group) is 1. The molecule has 19 heavy (non-hydrogen) atoms. The lowest BCUT2D eigenvalue weighted by molar-refractivity contribution is 0.142. The molecule has 0 radical (unpaired) electrons. The quantitative estimate of drug-likeness (QED) is 0.890. The maximum atomic E-state index is 9.09. The van der Waals surface area contributed by atoms with E-state index in [4.69, 9.17) is 9.63 Å². The van der Waals surface area contributed by atoms with E-state index in [1.807, 2.05) is 50.1 Å². The van der Waals surface area contributed by atoms with E-state index in [0.29, 0.717) is 18.3 Å². The minimum Gasteiger partial charge on any atom is -0.395 e. The van der Waals surface area contributed by atoms with Gasteiger partial charge in [0.15, 0.2) is 0 Å². The Labute approximate surface area is 112 Å². The van der Waals surface area contributed by atoms with Crippen LogP contribution in [-0.2, 0) is 6.54 Å². The zero-order valence-corrected chi connectivity index (χ0v) is 11.5. The van der Waals surface area contributed by atoms with Crippen molar-refractivity contribution in [2.45, 2.75) is 26.4 Å². The molecule has 1 heterocycles. The predicted molar refractivity (Wildman–Crippen MR) is 72.5 cm³/mol. The van der Waals surface area contributed by atoms with E-state index in [9.17, 15) is 0 Å². The van der Waals surface area contributed by atoms with Gasteiger partial charge >= 0.3 is 0 Å². The molecule has 102 valence electrons. The van der Waals surface area contributed by atoms with E-state index in [1.165, 1.54) is 0 Å². The summed E-state index contributed by atoms with van der Waals surface area (Å²) < 4.78 is 5.24. The number of hydrogen-bond donors (Lipinski definition) is 1. The highest BCUT2D eigenvalue weighted by atomic mass is 16.5. The highest BCUT2D eigenvalue weighted by molar-refractivity contribution is 5.55. The Bertz CT molecular complexity index is 539. The molecule has 0 bridgehead atoms. The van der Waals surface area contributed by atoms with Gasteiger partial charge in [0.2, 0.25) is 11.7 Å². The van der Waals surface area contributed by atoms with Crippen molar-refractivity contribution in [1.82, 2.24) is 15.0 Å². The first-order valence-corrected chi connectivity index (χ1v) is 6.31. The van der Waals surface area contributed by atoms with E-state index < -0.39 is 0 Å². The molecule has 0 aliphatic rings. The van der Waals surface area contributed by atoms with Gasteiger partial charge in [-0.25, -0.2) is 0 Å². The van der Waals surface area contributed by atoms with Crippen molar-refractivity contribution in [3.63, 3.8) is 0 Å². The SMILES string of the molecule is Cc1cccc(-c2noc(CN(C)C(C)CO)n2)c1. The molecule has 0 saturated heterocycles. The van der Waals surface area contributed by atoms with E-state index in [-0.39, 0.29) is 12.6 Å². The first-order valence-electron chi connectivity index (χ1n) is 6.31. The van der Waals surface area contributed by atoms with Crippen molar-refractivity contribution in [2.24, 2.45) is 0 Å². The number of aliphatic hydroxyl groups is 1. The molecule has 1 atom stereocenters. The minimum absolute atomic E-state index is 0.0642. The molecule has 0 aliphatic heterocycles. The van der Waals surface area contributed by atoms with E-state index in [0.717, 1.165) is 11.1 Å². The molecule has 5 nitrogen and oxygen atoms in total. The highest BCUT2D eigenvalue weighted by Crippen LogP contribution is 2.17. The first kappa shape index (κ1) is 13.7. The molecule has 5 heteroatoms. The lowest BCUT2D eigenvalue weighted by atomic mass is 10.1. The Hall–Kier alpha value is -1.72. The Balaban J connectivity index is 2.11. The number of nitrogens with zero attached hydrogens (tertiary/aromatic N) is 3. The van der Waals surface area contributed by atoms with Crippen LogP contribution in [0.15, 0.2) is 28.8 Å². The van der Waals surface area contributed by atoms with Crippen molar-refractivity contribution in [2.75, 3.05) is 13.7 Å². The molecular weight excluding hydrogens is 242 g/mol. The second kappa shape index (κ2) is 5.95. The van der Waals surface area contributed by atoms with Gasteiger partial charge in [-0.1, -0.05) is 28.9 Å². The molecule has 0 spiro atoms. The van der Waals surface area contributed by atoms with Gasteiger partial charge in [0.1, 0.15) is 0 Å². The van der Waals surface area contributed by atoms with Gasteiger partial charge in [-0.2, -0.15) is 4.98 Å². The van der Waals surface area contributed by atoms with E-state index in [1.54, 1.807) is 0 Å². The van der Waals surface area contributed by atoms with Crippen molar-refractivity contribution in [3.05, 3.63) is 35.7 Å². The zero-order chi connectivity index (χ0) is 13.8.